The van der Waals surface area contributed by atoms with Gasteiger partial charge in [0.15, 0.2) is 0 Å². The molecule has 1 aliphatic rings. The second kappa shape index (κ2) is 5.21. The van der Waals surface area contributed by atoms with Gasteiger partial charge in [-0.1, -0.05) is 0 Å². The van der Waals surface area contributed by atoms with Gasteiger partial charge in [-0.05, 0) is 72.1 Å². The minimum Gasteiger partial charge on any atom is -0.246 e. The highest BCUT2D eigenvalue weighted by Gasteiger charge is 2.27. The van der Waals surface area contributed by atoms with Crippen molar-refractivity contribution in [3.8, 4) is 0 Å². The van der Waals surface area contributed by atoms with Gasteiger partial charge in [0, 0.05) is 17.7 Å². The monoisotopic (exact) mass is 335 g/mol. The molecule has 0 aromatic carbocycles. The van der Waals surface area contributed by atoms with Crippen molar-refractivity contribution in [2.24, 2.45) is 0 Å². The summed E-state index contributed by atoms with van der Waals surface area (Å²) in [6.07, 6.45) is 2.42. The fourth-order valence-electron chi connectivity index (χ4n) is 1.95. The molecule has 1 fully saturated rings. The fourth-order valence-corrected chi connectivity index (χ4v) is 3.46. The largest absolute Gasteiger partial charge is 0.246 e. The summed E-state index contributed by atoms with van der Waals surface area (Å²) < 4.78 is 0.858. The van der Waals surface area contributed by atoms with E-state index in [1.807, 2.05) is 13.0 Å². The van der Waals surface area contributed by atoms with E-state index < -0.39 is 0 Å². The van der Waals surface area contributed by atoms with Crippen LogP contribution < -0.4 is 0 Å². The molecule has 19 heavy (non-hydrogen) atoms. The lowest BCUT2D eigenvalue weighted by molar-refractivity contribution is 0.865. The van der Waals surface area contributed by atoms with Crippen molar-refractivity contribution < 1.29 is 0 Å². The number of rotatable bonds is 3. The van der Waals surface area contributed by atoms with Crippen LogP contribution in [0.1, 0.15) is 35.8 Å². The smallest absolute Gasteiger partial charge is 0.134 e. The van der Waals surface area contributed by atoms with E-state index in [0.717, 1.165) is 26.2 Å². The number of aromatic nitrogens is 3. The molecule has 3 rings (SSSR count). The van der Waals surface area contributed by atoms with Crippen molar-refractivity contribution in [1.29, 1.82) is 0 Å². The number of hydrogen-bond donors (Lipinski definition) is 0. The van der Waals surface area contributed by atoms with Crippen molar-refractivity contribution in [3.63, 3.8) is 0 Å². The maximum atomic E-state index is 4.63. The lowest BCUT2D eigenvalue weighted by Crippen LogP contribution is -1.95. The molecule has 0 radical (unpaired) electrons. The highest BCUT2D eigenvalue weighted by molar-refractivity contribution is 9.10. The zero-order chi connectivity index (χ0) is 13.4. The maximum absolute atomic E-state index is 4.63. The van der Waals surface area contributed by atoms with Gasteiger partial charge >= 0.3 is 0 Å². The molecule has 0 unspecified atom stereocenters. The van der Waals surface area contributed by atoms with Crippen LogP contribution in [0.15, 0.2) is 32.9 Å². The molecule has 2 aromatic heterocycles. The van der Waals surface area contributed by atoms with Gasteiger partial charge in [-0.2, -0.15) is 0 Å². The molecule has 3 nitrogen and oxygen atoms in total. The third kappa shape index (κ3) is 3.34. The number of halogens is 1. The first-order valence-electron chi connectivity index (χ1n) is 6.28. The Kier molecular flexibility index (Phi) is 3.58. The molecule has 2 heterocycles. The van der Waals surface area contributed by atoms with Gasteiger partial charge < -0.3 is 0 Å². The van der Waals surface area contributed by atoms with Crippen LogP contribution in [0.25, 0.3) is 0 Å². The molecule has 5 heteroatoms. The Labute approximate surface area is 125 Å². The van der Waals surface area contributed by atoms with E-state index in [1.165, 1.54) is 18.4 Å². The summed E-state index contributed by atoms with van der Waals surface area (Å²) in [7, 11) is 0. The standard InChI is InChI=1S/C14H14BrN3S/c1-8-5-9(2)16-12(6-8)19-13-7-11(15)17-14(18-13)10-3-4-10/h5-7,10H,3-4H2,1-2H3. The number of pyridine rings is 1. The molecule has 0 N–H and O–H groups in total. The lowest BCUT2D eigenvalue weighted by atomic mass is 10.3. The topological polar surface area (TPSA) is 38.7 Å². The van der Waals surface area contributed by atoms with Crippen LogP contribution in [0.3, 0.4) is 0 Å². The molecule has 2 aromatic rings. The van der Waals surface area contributed by atoms with Gasteiger partial charge in [-0.15, -0.1) is 0 Å². The van der Waals surface area contributed by atoms with Gasteiger partial charge in [0.2, 0.25) is 0 Å². The molecular formula is C14H14BrN3S. The SMILES string of the molecule is Cc1cc(C)nc(Sc2cc(Br)nc(C3CC3)n2)c1. The Morgan fingerprint density at radius 2 is 1.79 bits per heavy atom. The van der Waals surface area contributed by atoms with E-state index in [1.54, 1.807) is 11.8 Å². The molecule has 0 saturated heterocycles. The molecule has 1 aliphatic carbocycles. The third-order valence-corrected chi connectivity index (χ3v) is 4.16. The van der Waals surface area contributed by atoms with E-state index in [-0.39, 0.29) is 0 Å². The second-order valence-corrected chi connectivity index (χ2v) is 6.74. The van der Waals surface area contributed by atoms with Crippen molar-refractivity contribution in [2.45, 2.75) is 42.7 Å². The Morgan fingerprint density at radius 3 is 2.47 bits per heavy atom. The maximum Gasteiger partial charge on any atom is 0.134 e. The van der Waals surface area contributed by atoms with E-state index >= 15 is 0 Å². The van der Waals surface area contributed by atoms with Crippen LogP contribution in [-0.2, 0) is 0 Å². The summed E-state index contributed by atoms with van der Waals surface area (Å²) in [6.45, 7) is 4.10. The molecular weight excluding hydrogens is 322 g/mol. The Hall–Kier alpha value is -0.940. The summed E-state index contributed by atoms with van der Waals surface area (Å²) in [5.74, 6) is 1.52. The predicted octanol–water partition coefficient (Wildman–Crippen LogP) is 4.28. The number of hydrogen-bond acceptors (Lipinski definition) is 4. The highest BCUT2D eigenvalue weighted by atomic mass is 79.9. The Balaban J connectivity index is 1.89. The van der Waals surface area contributed by atoms with Crippen LogP contribution in [0.4, 0.5) is 0 Å². The Morgan fingerprint density at radius 1 is 1.05 bits per heavy atom. The van der Waals surface area contributed by atoms with Crippen LogP contribution in [-0.4, -0.2) is 15.0 Å². The van der Waals surface area contributed by atoms with Crippen molar-refractivity contribution in [3.05, 3.63) is 39.9 Å². The molecule has 0 spiro atoms. The Bertz CT molecular complexity index is 606. The average molecular weight is 336 g/mol. The van der Waals surface area contributed by atoms with E-state index in [0.29, 0.717) is 5.92 Å². The fraction of sp³-hybridized carbons (Fsp3) is 0.357. The minimum absolute atomic E-state index is 0.559. The van der Waals surface area contributed by atoms with E-state index in [2.05, 4.69) is 49.9 Å². The number of aryl methyl sites for hydroxylation is 2. The molecule has 0 amide bonds. The third-order valence-electron chi connectivity index (χ3n) is 2.91. The van der Waals surface area contributed by atoms with Gasteiger partial charge in [0.1, 0.15) is 20.5 Å². The molecule has 98 valence electrons. The van der Waals surface area contributed by atoms with Gasteiger partial charge in [0.05, 0.1) is 0 Å². The molecule has 0 bridgehead atoms. The summed E-state index contributed by atoms with van der Waals surface area (Å²) in [5, 5.41) is 1.95. The van der Waals surface area contributed by atoms with Crippen LogP contribution in [0.5, 0.6) is 0 Å². The van der Waals surface area contributed by atoms with Crippen LogP contribution in [0.2, 0.25) is 0 Å². The van der Waals surface area contributed by atoms with Gasteiger partial charge in [-0.3, -0.25) is 0 Å². The lowest BCUT2D eigenvalue weighted by Gasteiger charge is -2.05. The summed E-state index contributed by atoms with van der Waals surface area (Å²) in [6, 6.07) is 6.12. The minimum atomic E-state index is 0.559. The predicted molar refractivity (Wildman–Crippen MR) is 79.5 cm³/mol. The van der Waals surface area contributed by atoms with Crippen LogP contribution >= 0.6 is 27.7 Å². The van der Waals surface area contributed by atoms with Crippen LogP contribution in [0, 0.1) is 13.8 Å². The van der Waals surface area contributed by atoms with E-state index in [9.17, 15) is 0 Å². The summed E-state index contributed by atoms with van der Waals surface area (Å²) >= 11 is 5.06. The first kappa shape index (κ1) is 13.1. The van der Waals surface area contributed by atoms with Crippen molar-refractivity contribution in [2.75, 3.05) is 0 Å². The van der Waals surface area contributed by atoms with Crippen molar-refractivity contribution >= 4 is 27.7 Å². The van der Waals surface area contributed by atoms with Gasteiger partial charge in [-0.25, -0.2) is 15.0 Å². The van der Waals surface area contributed by atoms with Crippen molar-refractivity contribution in [1.82, 2.24) is 15.0 Å². The van der Waals surface area contributed by atoms with E-state index in [4.69, 9.17) is 0 Å². The average Bonchev–Trinajstić information content (AvgIpc) is 3.09. The second-order valence-electron chi connectivity index (χ2n) is 4.89. The quantitative estimate of drug-likeness (QED) is 0.784. The highest BCUT2D eigenvalue weighted by Crippen LogP contribution is 2.39. The molecule has 0 aliphatic heterocycles. The first-order valence-corrected chi connectivity index (χ1v) is 7.89. The molecule has 1 saturated carbocycles. The normalized spacial score (nSPS) is 14.7. The first-order chi connectivity index (χ1) is 9.10. The zero-order valence-electron chi connectivity index (χ0n) is 10.9. The zero-order valence-corrected chi connectivity index (χ0v) is 13.3. The van der Waals surface area contributed by atoms with Gasteiger partial charge in [0.25, 0.3) is 0 Å². The summed E-state index contributed by atoms with van der Waals surface area (Å²) in [4.78, 5) is 13.6. The molecule has 0 atom stereocenters. The summed E-state index contributed by atoms with van der Waals surface area (Å²) in [5.41, 5.74) is 2.27. The number of nitrogens with zero attached hydrogens (tertiary/aromatic N) is 3.